The molecule has 1 atom stereocenters. The highest BCUT2D eigenvalue weighted by Gasteiger charge is 2.47. The molecule has 1 aliphatic heterocycles. The molecule has 0 spiro atoms. The van der Waals surface area contributed by atoms with Gasteiger partial charge in [-0.1, -0.05) is 6.07 Å². The molecule has 4 rings (SSSR count). The summed E-state index contributed by atoms with van der Waals surface area (Å²) in [5.41, 5.74) is 1.52. The topological polar surface area (TPSA) is 66.8 Å². The first-order valence-corrected chi connectivity index (χ1v) is 10.1. The van der Waals surface area contributed by atoms with E-state index in [9.17, 15) is 19.1 Å². The lowest BCUT2D eigenvalue weighted by Crippen LogP contribution is -2.29. The summed E-state index contributed by atoms with van der Waals surface area (Å²) in [6, 6.07) is 13.2. The number of aliphatic hydroxyl groups excluding tert-OH is 1. The molecule has 0 aliphatic carbocycles. The molecular weight excluding hydrogens is 405 g/mol. The van der Waals surface area contributed by atoms with Crippen molar-refractivity contribution in [1.29, 1.82) is 0 Å². The Morgan fingerprint density at radius 2 is 1.87 bits per heavy atom. The average Bonchev–Trinajstić information content (AvgIpc) is 3.35. The molecule has 1 unspecified atom stereocenters. The Kier molecular flexibility index (Phi) is 5.13. The van der Waals surface area contributed by atoms with Crippen LogP contribution in [0.15, 0.2) is 65.6 Å². The molecule has 30 heavy (non-hydrogen) atoms. The second-order valence-corrected chi connectivity index (χ2v) is 7.82. The van der Waals surface area contributed by atoms with E-state index < -0.39 is 23.5 Å². The molecule has 3 aromatic rings. The zero-order valence-corrected chi connectivity index (χ0v) is 17.1. The number of anilines is 1. The van der Waals surface area contributed by atoms with Gasteiger partial charge in [0.15, 0.2) is 0 Å². The normalized spacial score (nSPS) is 18.1. The highest BCUT2D eigenvalue weighted by atomic mass is 32.1. The number of methoxy groups -OCH3 is 1. The van der Waals surface area contributed by atoms with Crippen LogP contribution >= 0.6 is 11.3 Å². The zero-order chi connectivity index (χ0) is 21.4. The third-order valence-electron chi connectivity index (χ3n) is 5.05. The number of amides is 1. The van der Waals surface area contributed by atoms with Gasteiger partial charge >= 0.3 is 0 Å². The van der Waals surface area contributed by atoms with E-state index in [-0.39, 0.29) is 11.3 Å². The second-order valence-electron chi connectivity index (χ2n) is 6.84. The van der Waals surface area contributed by atoms with E-state index in [4.69, 9.17) is 4.74 Å². The molecule has 7 heteroatoms. The number of thiophene rings is 1. The van der Waals surface area contributed by atoms with E-state index in [0.717, 1.165) is 0 Å². The molecule has 0 radical (unpaired) electrons. The number of aliphatic hydroxyl groups is 1. The lowest BCUT2D eigenvalue weighted by Gasteiger charge is -2.24. The van der Waals surface area contributed by atoms with Crippen LogP contribution in [0.1, 0.15) is 22.0 Å². The molecule has 1 amide bonds. The van der Waals surface area contributed by atoms with Gasteiger partial charge in [0.2, 0.25) is 0 Å². The maximum atomic E-state index is 13.4. The number of ketones is 1. The Hall–Kier alpha value is -3.45. The molecule has 1 aromatic heterocycles. The van der Waals surface area contributed by atoms with Crippen LogP contribution in [0, 0.1) is 12.7 Å². The van der Waals surface area contributed by atoms with Crippen LogP contribution in [0.3, 0.4) is 0 Å². The smallest absolute Gasteiger partial charge is 0.300 e. The van der Waals surface area contributed by atoms with Crippen LogP contribution in [-0.2, 0) is 9.59 Å². The summed E-state index contributed by atoms with van der Waals surface area (Å²) in [6.07, 6.45) is 0. The van der Waals surface area contributed by atoms with Gasteiger partial charge in [-0.3, -0.25) is 14.5 Å². The van der Waals surface area contributed by atoms with Crippen molar-refractivity contribution < 1.29 is 23.8 Å². The molecule has 1 aliphatic rings. The lowest BCUT2D eigenvalue weighted by molar-refractivity contribution is -0.132. The number of hydrogen-bond donors (Lipinski definition) is 1. The van der Waals surface area contributed by atoms with E-state index in [2.05, 4.69) is 0 Å². The van der Waals surface area contributed by atoms with Crippen LogP contribution in [0.4, 0.5) is 10.1 Å². The number of Topliss-reactive ketones (excluding diaryl/α,β-unsaturated/α-hetero) is 1. The molecular formula is C23H18FNO4S. The number of ether oxygens (including phenoxy) is 1. The maximum absolute atomic E-state index is 13.4. The average molecular weight is 423 g/mol. The summed E-state index contributed by atoms with van der Waals surface area (Å²) in [4.78, 5) is 28.0. The first-order chi connectivity index (χ1) is 14.4. The third-order valence-corrected chi connectivity index (χ3v) is 5.98. The number of aryl methyl sites for hydroxylation is 1. The molecule has 1 fully saturated rings. The number of nitrogens with zero attached hydrogens (tertiary/aromatic N) is 1. The molecule has 1 saturated heterocycles. The summed E-state index contributed by atoms with van der Waals surface area (Å²) in [5.74, 6) is -1.64. The van der Waals surface area contributed by atoms with Crippen molar-refractivity contribution >= 4 is 34.5 Å². The second kappa shape index (κ2) is 7.76. The summed E-state index contributed by atoms with van der Waals surface area (Å²) in [6.45, 7) is 1.79. The Balaban J connectivity index is 1.92. The minimum atomic E-state index is -0.808. The maximum Gasteiger partial charge on any atom is 0.300 e. The first kappa shape index (κ1) is 19.8. The van der Waals surface area contributed by atoms with Gasteiger partial charge in [0.1, 0.15) is 23.4 Å². The van der Waals surface area contributed by atoms with Gasteiger partial charge < -0.3 is 9.84 Å². The standard InChI is InChI=1S/C23H18FNO4S/c1-13-12-16(29-2)9-10-17(13)21(26)19-20(18-4-3-11-30-18)25(23(28)22(19)27)15-7-5-14(24)6-8-15/h3-12,20,26H,1-2H3/b21-19-. The summed E-state index contributed by atoms with van der Waals surface area (Å²) >= 11 is 1.37. The van der Waals surface area contributed by atoms with Crippen molar-refractivity contribution in [2.75, 3.05) is 12.0 Å². The minimum absolute atomic E-state index is 0.0000387. The van der Waals surface area contributed by atoms with Crippen LogP contribution in [-0.4, -0.2) is 23.9 Å². The zero-order valence-electron chi connectivity index (χ0n) is 16.3. The van der Waals surface area contributed by atoms with Crippen LogP contribution < -0.4 is 9.64 Å². The first-order valence-electron chi connectivity index (χ1n) is 9.17. The number of carbonyl (C=O) groups excluding carboxylic acids is 2. The fourth-order valence-electron chi connectivity index (χ4n) is 3.59. The monoisotopic (exact) mass is 423 g/mol. The van der Waals surface area contributed by atoms with Crippen LogP contribution in [0.25, 0.3) is 5.76 Å². The predicted molar refractivity (Wildman–Crippen MR) is 113 cm³/mol. The number of carbonyl (C=O) groups is 2. The van der Waals surface area contributed by atoms with Crippen molar-refractivity contribution in [3.63, 3.8) is 0 Å². The molecule has 0 saturated carbocycles. The molecule has 0 bridgehead atoms. The van der Waals surface area contributed by atoms with Crippen molar-refractivity contribution in [2.24, 2.45) is 0 Å². The van der Waals surface area contributed by atoms with E-state index >= 15 is 0 Å². The van der Waals surface area contributed by atoms with Gasteiger partial charge in [-0.05, 0) is 66.4 Å². The Labute approximate surface area is 176 Å². The van der Waals surface area contributed by atoms with Crippen LogP contribution in [0.2, 0.25) is 0 Å². The van der Waals surface area contributed by atoms with E-state index in [1.807, 2.05) is 11.4 Å². The van der Waals surface area contributed by atoms with Gasteiger partial charge in [0.25, 0.3) is 11.7 Å². The summed E-state index contributed by atoms with van der Waals surface area (Å²) in [5, 5.41) is 12.9. The molecule has 2 aromatic carbocycles. The van der Waals surface area contributed by atoms with Crippen molar-refractivity contribution in [2.45, 2.75) is 13.0 Å². The van der Waals surface area contributed by atoms with Gasteiger partial charge in [0, 0.05) is 16.1 Å². The van der Waals surface area contributed by atoms with E-state index in [1.54, 1.807) is 38.3 Å². The van der Waals surface area contributed by atoms with E-state index in [0.29, 0.717) is 27.4 Å². The van der Waals surface area contributed by atoms with Crippen molar-refractivity contribution in [3.8, 4) is 5.75 Å². The number of halogens is 1. The van der Waals surface area contributed by atoms with E-state index in [1.165, 1.54) is 40.5 Å². The SMILES string of the molecule is COc1ccc(/C(O)=C2/C(=O)C(=O)N(c3ccc(F)cc3)C2c2cccs2)c(C)c1. The molecule has 5 nitrogen and oxygen atoms in total. The Bertz CT molecular complexity index is 1150. The summed E-state index contributed by atoms with van der Waals surface area (Å²) < 4.78 is 18.6. The largest absolute Gasteiger partial charge is 0.507 e. The molecule has 1 N–H and O–H groups in total. The predicted octanol–water partition coefficient (Wildman–Crippen LogP) is 4.83. The Morgan fingerprint density at radius 1 is 1.13 bits per heavy atom. The van der Waals surface area contributed by atoms with Gasteiger partial charge in [0.05, 0.1) is 12.7 Å². The highest BCUT2D eigenvalue weighted by molar-refractivity contribution is 7.10. The van der Waals surface area contributed by atoms with Gasteiger partial charge in [-0.2, -0.15) is 0 Å². The minimum Gasteiger partial charge on any atom is -0.507 e. The number of hydrogen-bond acceptors (Lipinski definition) is 5. The molecule has 152 valence electrons. The molecule has 2 heterocycles. The number of benzene rings is 2. The fourth-order valence-corrected chi connectivity index (χ4v) is 4.41. The van der Waals surface area contributed by atoms with Gasteiger partial charge in [-0.15, -0.1) is 11.3 Å². The highest BCUT2D eigenvalue weighted by Crippen LogP contribution is 2.44. The Morgan fingerprint density at radius 3 is 2.47 bits per heavy atom. The van der Waals surface area contributed by atoms with Crippen molar-refractivity contribution in [1.82, 2.24) is 0 Å². The third kappa shape index (κ3) is 3.27. The lowest BCUT2D eigenvalue weighted by atomic mass is 9.97. The van der Waals surface area contributed by atoms with Gasteiger partial charge in [-0.25, -0.2) is 4.39 Å². The van der Waals surface area contributed by atoms with Crippen molar-refractivity contribution in [3.05, 3.63) is 87.4 Å². The summed E-state index contributed by atoms with van der Waals surface area (Å²) in [7, 11) is 1.54. The number of rotatable bonds is 4. The fraction of sp³-hybridized carbons (Fsp3) is 0.130. The van der Waals surface area contributed by atoms with Crippen LogP contribution in [0.5, 0.6) is 5.75 Å². The quantitative estimate of drug-likeness (QED) is 0.371.